The molecule has 0 bridgehead atoms. The number of hydrogen-bond acceptors (Lipinski definition) is 4. The molecule has 1 aliphatic rings. The number of carbonyl (C=O) groups is 3. The smallest absolute Gasteiger partial charge is 0.300 e. The Morgan fingerprint density at radius 1 is 1.50 bits per heavy atom. The molecule has 1 radical (unpaired) electrons. The van der Waals surface area contributed by atoms with Gasteiger partial charge < -0.3 is 11.1 Å². The Morgan fingerprint density at radius 3 is 2.30 bits per heavy atom. The lowest BCUT2D eigenvalue weighted by Gasteiger charge is -1.96. The predicted octanol–water partition coefficient (Wildman–Crippen LogP) is -1.65. The second-order valence-corrected chi connectivity index (χ2v) is 2.52. The van der Waals surface area contributed by atoms with E-state index in [4.69, 9.17) is 5.73 Å². The monoisotopic (exact) mass is 159 g/mol. The van der Waals surface area contributed by atoms with Gasteiger partial charge in [-0.15, -0.1) is 0 Å². The lowest BCUT2D eigenvalue weighted by Crippen LogP contribution is -2.30. The average molecular weight is 159 g/mol. The van der Waals surface area contributed by atoms with E-state index in [1.54, 1.807) is 0 Å². The maximum absolute atomic E-state index is 10.4. The minimum atomic E-state index is -0.793. The topological polar surface area (TPSA) is 89.3 Å². The molecular weight excluding hydrogens is 156 g/mol. The van der Waals surface area contributed by atoms with Crippen molar-refractivity contribution in [1.29, 1.82) is 0 Å². The minimum absolute atomic E-state index is 0.102. The average Bonchev–Trinajstić information content (AvgIpc) is 2.13. The van der Waals surface area contributed by atoms with Crippen LogP contribution in [0.3, 0.4) is 0 Å². The first-order valence-corrected chi connectivity index (χ1v) is 3.13. The van der Waals surface area contributed by atoms with Gasteiger partial charge in [-0.1, -0.05) is 0 Å². The van der Waals surface area contributed by atoms with E-state index in [0.717, 1.165) is 0 Å². The Bertz CT molecular complexity index is 199. The van der Waals surface area contributed by atoms with Gasteiger partial charge in [-0.25, -0.2) is 0 Å². The molecule has 0 unspecified atom stereocenters. The molecule has 0 aromatic rings. The molecular formula is C4H3N2O3S. The van der Waals surface area contributed by atoms with Crippen molar-refractivity contribution in [3.05, 3.63) is 5.37 Å². The summed E-state index contributed by atoms with van der Waals surface area (Å²) in [5.74, 6) is -1.58. The van der Waals surface area contributed by atoms with Crippen LogP contribution < -0.4 is 11.1 Å². The maximum atomic E-state index is 10.4. The second kappa shape index (κ2) is 2.30. The van der Waals surface area contributed by atoms with Gasteiger partial charge in [0.15, 0.2) is 0 Å². The van der Waals surface area contributed by atoms with Gasteiger partial charge in [0.1, 0.15) is 0 Å². The summed E-state index contributed by atoms with van der Waals surface area (Å²) in [4.78, 5) is 31.1. The molecule has 0 aromatic heterocycles. The Hall–Kier alpha value is -1.04. The van der Waals surface area contributed by atoms with Crippen LogP contribution in [-0.4, -0.2) is 16.9 Å². The van der Waals surface area contributed by atoms with Crippen molar-refractivity contribution in [3.63, 3.8) is 0 Å². The SMILES string of the molecule is NC(=O)[C]1NC(=O)C(=O)S1. The van der Waals surface area contributed by atoms with Crippen molar-refractivity contribution < 1.29 is 14.4 Å². The van der Waals surface area contributed by atoms with Gasteiger partial charge in [0.25, 0.3) is 16.9 Å². The summed E-state index contributed by atoms with van der Waals surface area (Å²) < 4.78 is 0. The first kappa shape index (κ1) is 7.07. The first-order chi connectivity index (χ1) is 4.61. The zero-order chi connectivity index (χ0) is 7.72. The van der Waals surface area contributed by atoms with E-state index in [1.807, 2.05) is 5.32 Å². The second-order valence-electron chi connectivity index (χ2n) is 1.54. The van der Waals surface area contributed by atoms with Crippen LogP contribution in [0, 0.1) is 5.37 Å². The van der Waals surface area contributed by atoms with Crippen molar-refractivity contribution in [2.24, 2.45) is 5.73 Å². The number of thioether (sulfide) groups is 1. The maximum Gasteiger partial charge on any atom is 0.300 e. The predicted molar refractivity (Wildman–Crippen MR) is 33.2 cm³/mol. The summed E-state index contributed by atoms with van der Waals surface area (Å²) in [6, 6.07) is 0. The first-order valence-electron chi connectivity index (χ1n) is 2.31. The Morgan fingerprint density at radius 2 is 2.10 bits per heavy atom. The number of rotatable bonds is 1. The fourth-order valence-electron chi connectivity index (χ4n) is 0.431. The number of hydrogen-bond donors (Lipinski definition) is 2. The van der Waals surface area contributed by atoms with Crippen LogP contribution in [0.4, 0.5) is 0 Å². The highest BCUT2D eigenvalue weighted by Crippen LogP contribution is 2.22. The van der Waals surface area contributed by atoms with Gasteiger partial charge in [0, 0.05) is 0 Å². The third kappa shape index (κ3) is 1.10. The molecule has 3 N–H and O–H groups in total. The van der Waals surface area contributed by atoms with Crippen molar-refractivity contribution in [3.8, 4) is 0 Å². The largest absolute Gasteiger partial charge is 0.367 e. The Kier molecular flexibility index (Phi) is 1.62. The molecule has 5 nitrogen and oxygen atoms in total. The van der Waals surface area contributed by atoms with Crippen molar-refractivity contribution in [2.45, 2.75) is 0 Å². The Labute approximate surface area is 60.3 Å². The molecule has 1 saturated heterocycles. The van der Waals surface area contributed by atoms with Crippen LogP contribution in [0.15, 0.2) is 0 Å². The number of nitrogens with one attached hydrogen (secondary N) is 1. The number of nitrogens with two attached hydrogens (primary N) is 1. The van der Waals surface area contributed by atoms with Gasteiger partial charge in [0.2, 0.25) is 5.37 Å². The lowest BCUT2D eigenvalue weighted by atomic mass is 10.6. The molecule has 1 rings (SSSR count). The van der Waals surface area contributed by atoms with Crippen LogP contribution in [-0.2, 0) is 14.4 Å². The van der Waals surface area contributed by atoms with Crippen LogP contribution in [0.2, 0.25) is 0 Å². The van der Waals surface area contributed by atoms with Crippen molar-refractivity contribution >= 4 is 28.7 Å². The molecule has 1 aliphatic heterocycles. The molecule has 1 fully saturated rings. The van der Waals surface area contributed by atoms with Crippen LogP contribution >= 0.6 is 11.8 Å². The highest BCUT2D eigenvalue weighted by molar-refractivity contribution is 8.19. The molecule has 0 atom stereocenters. The molecule has 6 heteroatoms. The van der Waals surface area contributed by atoms with E-state index in [-0.39, 0.29) is 5.37 Å². The highest BCUT2D eigenvalue weighted by atomic mass is 32.2. The van der Waals surface area contributed by atoms with E-state index < -0.39 is 16.9 Å². The summed E-state index contributed by atoms with van der Waals surface area (Å²) >= 11 is 0.524. The fraction of sp³-hybridized carbons (Fsp3) is 0. The van der Waals surface area contributed by atoms with Gasteiger partial charge in [-0.05, 0) is 11.8 Å². The molecule has 1 heterocycles. The standard InChI is InChI=1S/C4H3N2O3S/c5-1(7)3-6-2(8)4(9)10-3/h(H2,5,7)(H,6,8). The molecule has 0 aliphatic carbocycles. The zero-order valence-electron chi connectivity index (χ0n) is 4.71. The van der Waals surface area contributed by atoms with Crippen molar-refractivity contribution in [1.82, 2.24) is 5.32 Å². The van der Waals surface area contributed by atoms with Crippen LogP contribution in [0.1, 0.15) is 0 Å². The third-order valence-electron chi connectivity index (χ3n) is 0.831. The van der Waals surface area contributed by atoms with Gasteiger partial charge in [-0.2, -0.15) is 0 Å². The Balaban J connectivity index is 2.66. The quantitative estimate of drug-likeness (QED) is 0.448. The normalized spacial score (nSPS) is 19.2. The molecule has 0 saturated carbocycles. The minimum Gasteiger partial charge on any atom is -0.367 e. The number of amides is 2. The number of carbonyl (C=O) groups excluding carboxylic acids is 3. The summed E-state index contributed by atoms with van der Waals surface area (Å²) in [6.45, 7) is 0. The molecule has 0 spiro atoms. The molecule has 0 aromatic carbocycles. The highest BCUT2D eigenvalue weighted by Gasteiger charge is 2.35. The lowest BCUT2D eigenvalue weighted by molar-refractivity contribution is -0.132. The van der Waals surface area contributed by atoms with Crippen molar-refractivity contribution in [2.75, 3.05) is 0 Å². The zero-order valence-corrected chi connectivity index (χ0v) is 5.53. The van der Waals surface area contributed by atoms with E-state index in [9.17, 15) is 14.4 Å². The number of primary amides is 1. The molecule has 2 amide bonds. The summed E-state index contributed by atoms with van der Waals surface area (Å²) in [6.07, 6.45) is 0. The van der Waals surface area contributed by atoms with E-state index >= 15 is 0 Å². The van der Waals surface area contributed by atoms with Gasteiger partial charge in [0.05, 0.1) is 0 Å². The molecule has 10 heavy (non-hydrogen) atoms. The summed E-state index contributed by atoms with van der Waals surface area (Å²) in [7, 11) is 0. The fourth-order valence-corrected chi connectivity index (χ4v) is 1.00. The summed E-state index contributed by atoms with van der Waals surface area (Å²) in [5.41, 5.74) is 4.76. The molecule has 53 valence electrons. The van der Waals surface area contributed by atoms with E-state index in [1.165, 1.54) is 0 Å². The van der Waals surface area contributed by atoms with E-state index in [0.29, 0.717) is 11.8 Å². The van der Waals surface area contributed by atoms with Crippen LogP contribution in [0.5, 0.6) is 0 Å². The van der Waals surface area contributed by atoms with E-state index in [2.05, 4.69) is 0 Å². The third-order valence-corrected chi connectivity index (χ3v) is 1.71. The van der Waals surface area contributed by atoms with Gasteiger partial charge in [-0.3, -0.25) is 14.4 Å². The summed E-state index contributed by atoms with van der Waals surface area (Å²) in [5, 5.41) is 1.22. The van der Waals surface area contributed by atoms with Crippen LogP contribution in [0.25, 0.3) is 0 Å². The van der Waals surface area contributed by atoms with Gasteiger partial charge >= 0.3 is 0 Å².